The predicted molar refractivity (Wildman–Crippen MR) is 119 cm³/mol. The van der Waals surface area contributed by atoms with Crippen LogP contribution in [-0.4, -0.2) is 53.9 Å². The maximum absolute atomic E-state index is 12.2. The summed E-state index contributed by atoms with van der Waals surface area (Å²) in [7, 11) is 0. The molecule has 1 saturated heterocycles. The number of nitrogens with two attached hydrogens (primary N) is 1. The second-order valence-corrected chi connectivity index (χ2v) is 9.57. The molecule has 0 radical (unpaired) electrons. The lowest BCUT2D eigenvalue weighted by molar-refractivity contribution is -0.875. The SMILES string of the molecule is Cc1ccc(CN2CCOC(CNC(=O)CSc3nc(C[NH+](N)[O-])cs3)C2)cc1C. The lowest BCUT2D eigenvalue weighted by Crippen LogP contribution is -3.11. The van der Waals surface area contributed by atoms with Crippen LogP contribution < -0.4 is 16.3 Å². The van der Waals surface area contributed by atoms with Crippen LogP contribution in [0.2, 0.25) is 0 Å². The zero-order valence-corrected chi connectivity index (χ0v) is 19.0. The van der Waals surface area contributed by atoms with Crippen LogP contribution in [0, 0.1) is 19.1 Å². The van der Waals surface area contributed by atoms with Crippen LogP contribution in [0.3, 0.4) is 0 Å². The second-order valence-electron chi connectivity index (χ2n) is 7.49. The van der Waals surface area contributed by atoms with Gasteiger partial charge in [-0.15, -0.1) is 11.3 Å². The van der Waals surface area contributed by atoms with E-state index in [1.807, 2.05) is 0 Å². The molecule has 1 aliphatic rings. The molecule has 8 nitrogen and oxygen atoms in total. The van der Waals surface area contributed by atoms with Gasteiger partial charge in [0.25, 0.3) is 0 Å². The second kappa shape index (κ2) is 11.2. The molecule has 1 amide bonds. The van der Waals surface area contributed by atoms with Crippen molar-refractivity contribution in [2.75, 3.05) is 32.0 Å². The molecule has 164 valence electrons. The maximum atomic E-state index is 12.2. The van der Waals surface area contributed by atoms with E-state index < -0.39 is 5.17 Å². The third-order valence-electron chi connectivity index (χ3n) is 4.94. The standard InChI is InChI=1S/C20H29N5O3S2/c1-14-3-4-16(7-15(14)2)9-24-5-6-28-18(11-24)8-22-19(26)13-30-20-23-17(12-29-20)10-25(21)27/h3-4,7,12,18,25H,5-6,8-11,13,21H2,1-2H3,(H,22,26). The van der Waals surface area contributed by atoms with E-state index in [1.54, 1.807) is 5.38 Å². The Morgan fingerprint density at radius 2 is 2.30 bits per heavy atom. The van der Waals surface area contributed by atoms with E-state index in [9.17, 15) is 10.0 Å². The number of hydrogen-bond acceptors (Lipinski definition) is 8. The number of benzene rings is 1. The highest BCUT2D eigenvalue weighted by Gasteiger charge is 2.21. The molecule has 1 aliphatic heterocycles. The van der Waals surface area contributed by atoms with Gasteiger partial charge in [0.2, 0.25) is 5.91 Å². The van der Waals surface area contributed by atoms with Crippen LogP contribution in [0.1, 0.15) is 22.4 Å². The van der Waals surface area contributed by atoms with E-state index in [4.69, 9.17) is 10.6 Å². The zero-order valence-electron chi connectivity index (χ0n) is 17.3. The summed E-state index contributed by atoms with van der Waals surface area (Å²) in [6.45, 7) is 8.13. The number of carbonyl (C=O) groups is 1. The van der Waals surface area contributed by atoms with Gasteiger partial charge in [0.15, 0.2) is 4.34 Å². The van der Waals surface area contributed by atoms with E-state index >= 15 is 0 Å². The van der Waals surface area contributed by atoms with Crippen molar-refractivity contribution >= 4 is 29.0 Å². The van der Waals surface area contributed by atoms with Crippen LogP contribution in [0.4, 0.5) is 0 Å². The number of amides is 1. The maximum Gasteiger partial charge on any atom is 0.230 e. The number of hydrogen-bond donors (Lipinski definition) is 3. The van der Waals surface area contributed by atoms with Gasteiger partial charge in [-0.25, -0.2) is 4.98 Å². The minimum Gasteiger partial charge on any atom is -0.613 e. The van der Waals surface area contributed by atoms with Gasteiger partial charge in [0, 0.05) is 31.6 Å². The van der Waals surface area contributed by atoms with Crippen molar-refractivity contribution in [1.82, 2.24) is 15.2 Å². The molecule has 0 aliphatic carbocycles. The number of thiazole rings is 1. The predicted octanol–water partition coefficient (Wildman–Crippen LogP) is 0.626. The number of rotatable bonds is 9. The summed E-state index contributed by atoms with van der Waals surface area (Å²) in [6, 6.07) is 6.59. The molecule has 4 N–H and O–H groups in total. The molecule has 2 heterocycles. The van der Waals surface area contributed by atoms with Gasteiger partial charge < -0.3 is 15.3 Å². The summed E-state index contributed by atoms with van der Waals surface area (Å²) in [5, 5.41) is 15.3. The average molecular weight is 452 g/mol. The fourth-order valence-electron chi connectivity index (χ4n) is 3.23. The van der Waals surface area contributed by atoms with Crippen LogP contribution in [0.5, 0.6) is 0 Å². The third kappa shape index (κ3) is 7.31. The molecule has 0 spiro atoms. The van der Waals surface area contributed by atoms with Crippen molar-refractivity contribution in [1.29, 1.82) is 0 Å². The number of thioether (sulfide) groups is 1. The highest BCUT2D eigenvalue weighted by molar-refractivity contribution is 8.01. The fraction of sp³-hybridized carbons (Fsp3) is 0.500. The first kappa shape index (κ1) is 23.1. The molecule has 2 unspecified atom stereocenters. The van der Waals surface area contributed by atoms with Crippen molar-refractivity contribution in [2.24, 2.45) is 5.84 Å². The van der Waals surface area contributed by atoms with E-state index in [0.717, 1.165) is 24.0 Å². The average Bonchev–Trinajstić information content (AvgIpc) is 3.14. The van der Waals surface area contributed by atoms with Crippen molar-refractivity contribution in [2.45, 2.75) is 37.4 Å². The Balaban J connectivity index is 1.38. The summed E-state index contributed by atoms with van der Waals surface area (Å²) < 4.78 is 6.58. The number of aromatic nitrogens is 1. The molecule has 0 saturated carbocycles. The number of nitrogens with zero attached hydrogens (tertiary/aromatic N) is 2. The minimum absolute atomic E-state index is 0.0127. The summed E-state index contributed by atoms with van der Waals surface area (Å²) >= 11 is 2.78. The van der Waals surface area contributed by atoms with Gasteiger partial charge in [-0.3, -0.25) is 14.9 Å². The van der Waals surface area contributed by atoms with Crippen LogP contribution in [0.15, 0.2) is 27.9 Å². The van der Waals surface area contributed by atoms with Gasteiger partial charge in [-0.1, -0.05) is 30.0 Å². The van der Waals surface area contributed by atoms with Crippen LogP contribution >= 0.6 is 23.1 Å². The lowest BCUT2D eigenvalue weighted by Gasteiger charge is -2.33. The molecular formula is C20H29N5O3S2. The topological polar surface area (TPSA) is 108 Å². The molecule has 2 aromatic rings. The first-order valence-electron chi connectivity index (χ1n) is 9.91. The van der Waals surface area contributed by atoms with Crippen molar-refractivity contribution < 1.29 is 14.7 Å². The fourth-order valence-corrected chi connectivity index (χ4v) is 4.90. The molecule has 2 atom stereocenters. The number of nitrogens with one attached hydrogen (secondary N) is 2. The Kier molecular flexibility index (Phi) is 8.63. The summed E-state index contributed by atoms with van der Waals surface area (Å²) in [5.74, 6) is 5.40. The monoisotopic (exact) mass is 451 g/mol. The summed E-state index contributed by atoms with van der Waals surface area (Å²) in [4.78, 5) is 18.9. The number of hydroxylamine groups is 1. The first-order valence-corrected chi connectivity index (χ1v) is 11.8. The zero-order chi connectivity index (χ0) is 21.5. The van der Waals surface area contributed by atoms with E-state index in [2.05, 4.69) is 47.2 Å². The number of aryl methyl sites for hydroxylation is 2. The Morgan fingerprint density at radius 3 is 3.07 bits per heavy atom. The van der Waals surface area contributed by atoms with Gasteiger partial charge >= 0.3 is 0 Å². The highest BCUT2D eigenvalue weighted by atomic mass is 32.2. The Hall–Kier alpha value is -1.53. The first-order chi connectivity index (χ1) is 14.4. The minimum atomic E-state index is -0.409. The lowest BCUT2D eigenvalue weighted by atomic mass is 10.1. The van der Waals surface area contributed by atoms with Gasteiger partial charge in [0.1, 0.15) is 12.2 Å². The smallest absolute Gasteiger partial charge is 0.230 e. The van der Waals surface area contributed by atoms with Crippen LogP contribution in [0.25, 0.3) is 0 Å². The Morgan fingerprint density at radius 1 is 1.47 bits per heavy atom. The Labute approximate surface area is 185 Å². The molecular weight excluding hydrogens is 422 g/mol. The normalized spacial score (nSPS) is 18.3. The summed E-state index contributed by atoms with van der Waals surface area (Å²) in [5.41, 5.74) is 4.57. The molecule has 10 heteroatoms. The third-order valence-corrected chi connectivity index (χ3v) is 7.01. The number of quaternary nitrogens is 1. The van der Waals surface area contributed by atoms with Crippen molar-refractivity contribution in [3.63, 3.8) is 0 Å². The quantitative estimate of drug-likeness (QED) is 0.291. The molecule has 1 aromatic carbocycles. The molecule has 3 rings (SSSR count). The largest absolute Gasteiger partial charge is 0.613 e. The molecule has 1 fully saturated rings. The molecule has 0 bridgehead atoms. The van der Waals surface area contributed by atoms with Gasteiger partial charge in [0.05, 0.1) is 18.5 Å². The number of carbonyl (C=O) groups excluding carboxylic acids is 1. The van der Waals surface area contributed by atoms with Gasteiger partial charge in [-0.05, 0) is 30.5 Å². The van der Waals surface area contributed by atoms with Crippen LogP contribution in [-0.2, 0) is 22.6 Å². The summed E-state index contributed by atoms with van der Waals surface area (Å²) in [6.07, 6.45) is -0.0127. The number of morpholine rings is 1. The van der Waals surface area contributed by atoms with E-state index in [-0.39, 0.29) is 24.3 Å². The molecule has 1 aromatic heterocycles. The molecule has 30 heavy (non-hydrogen) atoms. The number of ether oxygens (including phenoxy) is 1. The van der Waals surface area contributed by atoms with E-state index in [1.165, 1.54) is 39.8 Å². The Bertz CT molecular complexity index is 846. The van der Waals surface area contributed by atoms with Crippen molar-refractivity contribution in [3.05, 3.63) is 51.2 Å². The van der Waals surface area contributed by atoms with Gasteiger partial charge in [-0.2, -0.15) is 5.84 Å². The van der Waals surface area contributed by atoms with E-state index in [0.29, 0.717) is 18.8 Å². The van der Waals surface area contributed by atoms with Crippen molar-refractivity contribution in [3.8, 4) is 0 Å². The highest BCUT2D eigenvalue weighted by Crippen LogP contribution is 2.22.